The molecule has 14 heavy (non-hydrogen) atoms. The molecule has 0 radical (unpaired) electrons. The molecule has 0 spiro atoms. The first-order valence-electron chi connectivity index (χ1n) is 4.42. The van der Waals surface area contributed by atoms with Crippen LogP contribution in [-0.2, 0) is 9.59 Å². The third-order valence-corrected chi connectivity index (χ3v) is 1.81. The van der Waals surface area contributed by atoms with Gasteiger partial charge in [0.15, 0.2) is 0 Å². The van der Waals surface area contributed by atoms with Gasteiger partial charge in [-0.2, -0.15) is 0 Å². The van der Waals surface area contributed by atoms with Gasteiger partial charge < -0.3 is 21.3 Å². The highest BCUT2D eigenvalue weighted by Crippen LogP contribution is 1.94. The van der Waals surface area contributed by atoms with E-state index in [1.165, 1.54) is 0 Å². The molecule has 0 fully saturated rings. The van der Waals surface area contributed by atoms with E-state index in [1.54, 1.807) is 6.92 Å². The predicted molar refractivity (Wildman–Crippen MR) is 49.5 cm³/mol. The van der Waals surface area contributed by atoms with Crippen LogP contribution in [0.25, 0.3) is 0 Å². The first-order valence-corrected chi connectivity index (χ1v) is 4.42. The Morgan fingerprint density at radius 1 is 1.50 bits per heavy atom. The molecular formula is C8H16N2O4. The SMILES string of the molecule is CC[C@H](N)C(=O)NC(CCO)C(=O)O. The molecule has 0 aromatic rings. The molecule has 6 nitrogen and oxygen atoms in total. The summed E-state index contributed by atoms with van der Waals surface area (Å²) in [6.45, 7) is 1.44. The summed E-state index contributed by atoms with van der Waals surface area (Å²) in [7, 11) is 0. The van der Waals surface area contributed by atoms with Crippen LogP contribution >= 0.6 is 0 Å². The Balaban J connectivity index is 4.15. The number of carbonyl (C=O) groups excluding carboxylic acids is 1. The molecule has 1 unspecified atom stereocenters. The van der Waals surface area contributed by atoms with Crippen molar-refractivity contribution in [3.05, 3.63) is 0 Å². The Kier molecular flexibility index (Phi) is 5.82. The minimum atomic E-state index is -1.17. The fourth-order valence-electron chi connectivity index (χ4n) is 0.851. The van der Waals surface area contributed by atoms with Gasteiger partial charge in [-0.05, 0) is 6.42 Å². The van der Waals surface area contributed by atoms with E-state index >= 15 is 0 Å². The van der Waals surface area contributed by atoms with Crippen LogP contribution in [0.1, 0.15) is 19.8 Å². The maximum atomic E-state index is 11.2. The van der Waals surface area contributed by atoms with Gasteiger partial charge in [-0.15, -0.1) is 0 Å². The van der Waals surface area contributed by atoms with Crippen molar-refractivity contribution in [3.8, 4) is 0 Å². The van der Waals surface area contributed by atoms with Crippen molar-refractivity contribution >= 4 is 11.9 Å². The number of aliphatic hydroxyl groups is 1. The summed E-state index contributed by atoms with van der Waals surface area (Å²) in [5.74, 6) is -1.68. The van der Waals surface area contributed by atoms with Crippen LogP contribution in [0.3, 0.4) is 0 Å². The Morgan fingerprint density at radius 3 is 2.43 bits per heavy atom. The topological polar surface area (TPSA) is 113 Å². The van der Waals surface area contributed by atoms with E-state index in [1.807, 2.05) is 0 Å². The fourth-order valence-corrected chi connectivity index (χ4v) is 0.851. The zero-order valence-electron chi connectivity index (χ0n) is 8.06. The lowest BCUT2D eigenvalue weighted by atomic mass is 10.1. The van der Waals surface area contributed by atoms with Gasteiger partial charge in [0.25, 0.3) is 0 Å². The van der Waals surface area contributed by atoms with Crippen LogP contribution in [0.5, 0.6) is 0 Å². The highest BCUT2D eigenvalue weighted by molar-refractivity contribution is 5.86. The number of nitrogens with two attached hydrogens (primary N) is 1. The molecule has 0 aliphatic rings. The van der Waals surface area contributed by atoms with E-state index in [2.05, 4.69) is 5.32 Å². The Labute approximate surface area is 82.1 Å². The number of nitrogens with one attached hydrogen (secondary N) is 1. The number of amides is 1. The number of rotatable bonds is 6. The summed E-state index contributed by atoms with van der Waals surface area (Å²) in [5.41, 5.74) is 5.39. The van der Waals surface area contributed by atoms with E-state index in [9.17, 15) is 9.59 Å². The highest BCUT2D eigenvalue weighted by atomic mass is 16.4. The second kappa shape index (κ2) is 6.33. The van der Waals surface area contributed by atoms with E-state index in [4.69, 9.17) is 15.9 Å². The molecular weight excluding hydrogens is 188 g/mol. The highest BCUT2D eigenvalue weighted by Gasteiger charge is 2.21. The lowest BCUT2D eigenvalue weighted by Crippen LogP contribution is -2.48. The summed E-state index contributed by atoms with van der Waals surface area (Å²) in [6, 6.07) is -1.76. The molecule has 1 amide bonds. The molecule has 0 bridgehead atoms. The molecule has 82 valence electrons. The first kappa shape index (κ1) is 12.9. The van der Waals surface area contributed by atoms with Gasteiger partial charge >= 0.3 is 5.97 Å². The van der Waals surface area contributed by atoms with Crippen LogP contribution in [0.15, 0.2) is 0 Å². The molecule has 0 saturated carbocycles. The van der Waals surface area contributed by atoms with Crippen molar-refractivity contribution in [2.45, 2.75) is 31.8 Å². The van der Waals surface area contributed by atoms with Gasteiger partial charge in [-0.1, -0.05) is 6.92 Å². The number of carbonyl (C=O) groups is 2. The van der Waals surface area contributed by atoms with Crippen molar-refractivity contribution in [1.82, 2.24) is 5.32 Å². The molecule has 0 heterocycles. The van der Waals surface area contributed by atoms with Gasteiger partial charge in [-0.3, -0.25) is 4.79 Å². The van der Waals surface area contributed by atoms with Crippen LogP contribution in [-0.4, -0.2) is 40.8 Å². The molecule has 0 saturated heterocycles. The fraction of sp³-hybridized carbons (Fsp3) is 0.750. The third kappa shape index (κ3) is 4.20. The summed E-state index contributed by atoms with van der Waals surface area (Å²) in [5, 5.41) is 19.4. The van der Waals surface area contributed by atoms with Gasteiger partial charge in [-0.25, -0.2) is 4.79 Å². The summed E-state index contributed by atoms with van der Waals surface area (Å²) < 4.78 is 0. The van der Waals surface area contributed by atoms with Gasteiger partial charge in [0.1, 0.15) is 6.04 Å². The average Bonchev–Trinajstić information content (AvgIpc) is 2.15. The Morgan fingerprint density at radius 2 is 2.07 bits per heavy atom. The van der Waals surface area contributed by atoms with Crippen LogP contribution in [0, 0.1) is 0 Å². The number of carboxylic acids is 1. The number of hydrogen-bond donors (Lipinski definition) is 4. The average molecular weight is 204 g/mol. The molecule has 5 N–H and O–H groups in total. The molecule has 0 rings (SSSR count). The predicted octanol–water partition coefficient (Wildman–Crippen LogP) is -1.32. The Bertz CT molecular complexity index is 208. The number of aliphatic carboxylic acids is 1. The van der Waals surface area contributed by atoms with Gasteiger partial charge in [0.2, 0.25) is 5.91 Å². The third-order valence-electron chi connectivity index (χ3n) is 1.81. The smallest absolute Gasteiger partial charge is 0.326 e. The van der Waals surface area contributed by atoms with Crippen molar-refractivity contribution in [2.24, 2.45) is 5.73 Å². The zero-order valence-corrected chi connectivity index (χ0v) is 8.06. The summed E-state index contributed by atoms with van der Waals surface area (Å²) >= 11 is 0. The molecule has 0 aliphatic carbocycles. The van der Waals surface area contributed by atoms with Gasteiger partial charge in [0.05, 0.1) is 6.04 Å². The van der Waals surface area contributed by atoms with E-state index in [-0.39, 0.29) is 13.0 Å². The first-order chi connectivity index (χ1) is 6.52. The van der Waals surface area contributed by atoms with E-state index < -0.39 is 24.0 Å². The molecule has 0 aliphatic heterocycles. The largest absolute Gasteiger partial charge is 0.480 e. The molecule has 6 heteroatoms. The minimum absolute atomic E-state index is 0.0164. The Hall–Kier alpha value is -1.14. The summed E-state index contributed by atoms with van der Waals surface area (Å²) in [6.07, 6.45) is 0.425. The van der Waals surface area contributed by atoms with Crippen molar-refractivity contribution in [3.63, 3.8) is 0 Å². The summed E-state index contributed by atoms with van der Waals surface area (Å²) in [4.78, 5) is 21.8. The molecule has 2 atom stereocenters. The van der Waals surface area contributed by atoms with Crippen LogP contribution < -0.4 is 11.1 Å². The molecule has 0 aromatic carbocycles. The lowest BCUT2D eigenvalue weighted by molar-refractivity contribution is -0.142. The van der Waals surface area contributed by atoms with E-state index in [0.29, 0.717) is 6.42 Å². The second-order valence-electron chi connectivity index (χ2n) is 2.93. The molecule has 0 aromatic heterocycles. The van der Waals surface area contributed by atoms with Crippen LogP contribution in [0.4, 0.5) is 0 Å². The van der Waals surface area contributed by atoms with Crippen molar-refractivity contribution in [2.75, 3.05) is 6.61 Å². The number of carboxylic acid groups (broad SMARTS) is 1. The van der Waals surface area contributed by atoms with Crippen LogP contribution in [0.2, 0.25) is 0 Å². The minimum Gasteiger partial charge on any atom is -0.480 e. The second-order valence-corrected chi connectivity index (χ2v) is 2.93. The maximum Gasteiger partial charge on any atom is 0.326 e. The maximum absolute atomic E-state index is 11.2. The quantitative estimate of drug-likeness (QED) is 0.428. The van der Waals surface area contributed by atoms with Gasteiger partial charge in [0, 0.05) is 13.0 Å². The lowest BCUT2D eigenvalue weighted by Gasteiger charge is -2.15. The van der Waals surface area contributed by atoms with Crippen molar-refractivity contribution < 1.29 is 19.8 Å². The zero-order chi connectivity index (χ0) is 11.1. The van der Waals surface area contributed by atoms with E-state index in [0.717, 1.165) is 0 Å². The number of hydrogen-bond acceptors (Lipinski definition) is 4. The number of aliphatic hydroxyl groups excluding tert-OH is 1. The standard InChI is InChI=1S/C8H16N2O4/c1-2-5(9)7(12)10-6(3-4-11)8(13)14/h5-6,11H,2-4,9H2,1H3,(H,10,12)(H,13,14)/t5-,6?/m0/s1. The van der Waals surface area contributed by atoms with Crippen molar-refractivity contribution in [1.29, 1.82) is 0 Å². The normalized spacial score (nSPS) is 14.5. The monoisotopic (exact) mass is 204 g/mol.